The average Bonchev–Trinajstić information content (AvgIpc) is 2.87. The summed E-state index contributed by atoms with van der Waals surface area (Å²) in [6, 6.07) is 17.1. The van der Waals surface area contributed by atoms with Crippen molar-refractivity contribution in [3.05, 3.63) is 65.2 Å². The Morgan fingerprint density at radius 3 is 2.32 bits per heavy atom. The molecule has 1 aliphatic carbocycles. The molecular weight excluding hydrogens is 270 g/mol. The first-order valence-corrected chi connectivity index (χ1v) is 8.32. The minimum absolute atomic E-state index is 0.303. The van der Waals surface area contributed by atoms with Crippen LogP contribution in [0, 0.1) is 5.92 Å². The van der Waals surface area contributed by atoms with Gasteiger partial charge in [0.05, 0.1) is 6.10 Å². The zero-order valence-electron chi connectivity index (χ0n) is 13.5. The Bertz CT molecular complexity index is 616. The van der Waals surface area contributed by atoms with Crippen LogP contribution in [0.25, 0.3) is 0 Å². The summed E-state index contributed by atoms with van der Waals surface area (Å²) in [6.45, 7) is 6.44. The van der Waals surface area contributed by atoms with Crippen LogP contribution in [-0.4, -0.2) is 18.2 Å². The van der Waals surface area contributed by atoms with E-state index in [1.807, 2.05) is 6.07 Å². The molecule has 0 saturated heterocycles. The summed E-state index contributed by atoms with van der Waals surface area (Å²) in [5, 5.41) is 10.5. The van der Waals surface area contributed by atoms with Crippen LogP contribution < -0.4 is 4.90 Å². The second-order valence-corrected chi connectivity index (χ2v) is 6.15. The van der Waals surface area contributed by atoms with Crippen molar-refractivity contribution in [2.45, 2.75) is 32.8 Å². The van der Waals surface area contributed by atoms with Crippen LogP contribution in [0.15, 0.2) is 48.5 Å². The van der Waals surface area contributed by atoms with E-state index in [0.29, 0.717) is 5.92 Å². The molecule has 0 fully saturated rings. The smallest absolute Gasteiger partial charge is 0.0827 e. The van der Waals surface area contributed by atoms with E-state index < -0.39 is 0 Å². The van der Waals surface area contributed by atoms with E-state index in [9.17, 15) is 5.11 Å². The van der Waals surface area contributed by atoms with E-state index in [0.717, 1.165) is 31.5 Å². The highest BCUT2D eigenvalue weighted by Gasteiger charge is 2.30. The third kappa shape index (κ3) is 2.89. The average molecular weight is 295 g/mol. The Kier molecular flexibility index (Phi) is 4.49. The van der Waals surface area contributed by atoms with Crippen molar-refractivity contribution in [3.8, 4) is 0 Å². The summed E-state index contributed by atoms with van der Waals surface area (Å²) in [4.78, 5) is 2.35. The van der Waals surface area contributed by atoms with E-state index in [1.54, 1.807) is 0 Å². The fourth-order valence-corrected chi connectivity index (χ4v) is 3.57. The van der Waals surface area contributed by atoms with Gasteiger partial charge in [-0.1, -0.05) is 36.4 Å². The maximum atomic E-state index is 10.5. The van der Waals surface area contributed by atoms with E-state index in [-0.39, 0.29) is 6.10 Å². The molecule has 1 N–H and O–H groups in total. The van der Waals surface area contributed by atoms with Gasteiger partial charge in [0, 0.05) is 18.8 Å². The molecule has 0 aliphatic heterocycles. The molecule has 0 aromatic heterocycles. The molecule has 0 spiro atoms. The van der Waals surface area contributed by atoms with E-state index in [2.05, 4.69) is 61.2 Å². The topological polar surface area (TPSA) is 23.5 Å². The third-order valence-electron chi connectivity index (χ3n) is 4.87. The first-order valence-electron chi connectivity index (χ1n) is 8.32. The Balaban J connectivity index is 1.70. The van der Waals surface area contributed by atoms with Gasteiger partial charge in [-0.15, -0.1) is 0 Å². The molecular formula is C20H25NO. The fraction of sp³-hybridized carbons (Fsp3) is 0.400. The lowest BCUT2D eigenvalue weighted by Gasteiger charge is -2.21. The molecule has 3 rings (SSSR count). The number of rotatable bonds is 5. The van der Waals surface area contributed by atoms with Crippen molar-refractivity contribution in [2.24, 2.45) is 5.92 Å². The molecule has 0 radical (unpaired) electrons. The summed E-state index contributed by atoms with van der Waals surface area (Å²) in [7, 11) is 0. The summed E-state index contributed by atoms with van der Waals surface area (Å²) < 4.78 is 0. The Morgan fingerprint density at radius 1 is 1.00 bits per heavy atom. The monoisotopic (exact) mass is 295 g/mol. The quantitative estimate of drug-likeness (QED) is 0.902. The van der Waals surface area contributed by atoms with Gasteiger partial charge < -0.3 is 10.0 Å². The molecule has 1 aliphatic rings. The zero-order valence-corrected chi connectivity index (χ0v) is 13.5. The van der Waals surface area contributed by atoms with Gasteiger partial charge in [0.1, 0.15) is 0 Å². The van der Waals surface area contributed by atoms with Gasteiger partial charge in [-0.2, -0.15) is 0 Å². The maximum Gasteiger partial charge on any atom is 0.0827 e. The molecule has 0 unspecified atom stereocenters. The van der Waals surface area contributed by atoms with Gasteiger partial charge in [0.2, 0.25) is 0 Å². The van der Waals surface area contributed by atoms with Crippen LogP contribution in [0.4, 0.5) is 5.69 Å². The Morgan fingerprint density at radius 2 is 1.68 bits per heavy atom. The van der Waals surface area contributed by atoms with Crippen molar-refractivity contribution in [1.29, 1.82) is 0 Å². The Labute approximate surface area is 133 Å². The van der Waals surface area contributed by atoms with Gasteiger partial charge in [0.15, 0.2) is 0 Å². The number of anilines is 1. The number of aliphatic hydroxyl groups excluding tert-OH is 1. The summed E-state index contributed by atoms with van der Waals surface area (Å²) in [5.41, 5.74) is 5.02. The molecule has 2 nitrogen and oxygen atoms in total. The van der Waals surface area contributed by atoms with Crippen molar-refractivity contribution in [2.75, 3.05) is 18.0 Å². The van der Waals surface area contributed by atoms with Gasteiger partial charge in [-0.3, -0.25) is 0 Å². The summed E-state index contributed by atoms with van der Waals surface area (Å²) in [6.07, 6.45) is 1.60. The van der Waals surface area contributed by atoms with E-state index in [1.165, 1.54) is 16.8 Å². The van der Waals surface area contributed by atoms with Crippen molar-refractivity contribution < 1.29 is 5.11 Å². The molecule has 0 bridgehead atoms. The number of nitrogens with zero attached hydrogens (tertiary/aromatic N) is 1. The normalized spacial score (nSPS) is 20.0. The first kappa shape index (κ1) is 15.1. The lowest BCUT2D eigenvalue weighted by Crippen LogP contribution is -2.21. The van der Waals surface area contributed by atoms with Gasteiger partial charge in [0.25, 0.3) is 0 Å². The van der Waals surface area contributed by atoms with Crippen LogP contribution in [0.5, 0.6) is 0 Å². The van der Waals surface area contributed by atoms with Gasteiger partial charge >= 0.3 is 0 Å². The number of hydrogen-bond acceptors (Lipinski definition) is 2. The summed E-state index contributed by atoms with van der Waals surface area (Å²) in [5.74, 6) is 0.303. The number of benzene rings is 2. The van der Waals surface area contributed by atoms with Gasteiger partial charge in [-0.25, -0.2) is 0 Å². The van der Waals surface area contributed by atoms with Crippen molar-refractivity contribution >= 4 is 5.69 Å². The number of hydrogen-bond donors (Lipinski definition) is 1. The molecule has 2 aromatic rings. The van der Waals surface area contributed by atoms with E-state index in [4.69, 9.17) is 0 Å². The molecule has 2 atom stereocenters. The molecule has 116 valence electrons. The lowest BCUT2D eigenvalue weighted by molar-refractivity contribution is 0.123. The minimum atomic E-state index is -0.321. The van der Waals surface area contributed by atoms with Crippen LogP contribution in [0.2, 0.25) is 0 Å². The largest absolute Gasteiger partial charge is 0.388 e. The minimum Gasteiger partial charge on any atom is -0.388 e. The molecule has 2 aromatic carbocycles. The van der Waals surface area contributed by atoms with Crippen molar-refractivity contribution in [3.63, 3.8) is 0 Å². The number of aliphatic hydroxyl groups is 1. The predicted molar refractivity (Wildman–Crippen MR) is 92.3 cm³/mol. The number of fused-ring (bicyclic) bond motifs is 1. The molecule has 0 heterocycles. The molecule has 22 heavy (non-hydrogen) atoms. The van der Waals surface area contributed by atoms with Crippen LogP contribution in [-0.2, 0) is 12.8 Å². The van der Waals surface area contributed by atoms with Crippen LogP contribution in [0.1, 0.15) is 36.6 Å². The van der Waals surface area contributed by atoms with Crippen LogP contribution in [0.3, 0.4) is 0 Å². The fourth-order valence-electron chi connectivity index (χ4n) is 3.57. The zero-order chi connectivity index (χ0) is 15.5. The highest BCUT2D eigenvalue weighted by atomic mass is 16.3. The second-order valence-electron chi connectivity index (χ2n) is 6.15. The van der Waals surface area contributed by atoms with E-state index >= 15 is 0 Å². The SMILES string of the molecule is CCN(CC)c1ccc(C[C@@H]2Cc3ccccc3[C@H]2O)cc1. The van der Waals surface area contributed by atoms with Crippen LogP contribution >= 0.6 is 0 Å². The van der Waals surface area contributed by atoms with Gasteiger partial charge in [-0.05, 0) is 61.4 Å². The molecule has 0 amide bonds. The molecule has 0 saturated carbocycles. The lowest BCUT2D eigenvalue weighted by atomic mass is 9.94. The maximum absolute atomic E-state index is 10.5. The second kappa shape index (κ2) is 6.53. The Hall–Kier alpha value is -1.80. The predicted octanol–water partition coefficient (Wildman–Crippen LogP) is 3.98. The molecule has 2 heteroatoms. The third-order valence-corrected chi connectivity index (χ3v) is 4.87. The first-order chi connectivity index (χ1) is 10.7. The summed E-state index contributed by atoms with van der Waals surface area (Å²) >= 11 is 0. The van der Waals surface area contributed by atoms with Crippen molar-refractivity contribution in [1.82, 2.24) is 0 Å². The highest BCUT2D eigenvalue weighted by Crippen LogP contribution is 2.37. The standard InChI is InChI=1S/C20H25NO/c1-3-21(4-2)18-11-9-15(10-12-18)13-17-14-16-7-5-6-8-19(16)20(17)22/h5-12,17,20,22H,3-4,13-14H2,1-2H3/t17-,20+/m1/s1. The highest BCUT2D eigenvalue weighted by molar-refractivity contribution is 5.47.